The van der Waals surface area contributed by atoms with Gasteiger partial charge in [0.15, 0.2) is 0 Å². The molecule has 2 aromatic heterocycles. The number of hydrogen-bond donors (Lipinski definition) is 2. The number of pyridine rings is 2. The standard InChI is InChI=1S/C21H16N4O2/c22-15-6-9-18-17(13-15)19(10-12-23-18)27-16-7-4-14(5-8-16)21(26)25-20-3-1-2-11-24-20/h1-13H,22H2,(H,24,25,26). The van der Waals surface area contributed by atoms with E-state index in [1.165, 1.54) is 0 Å². The Kier molecular flexibility index (Phi) is 4.37. The largest absolute Gasteiger partial charge is 0.457 e. The Morgan fingerprint density at radius 2 is 1.78 bits per heavy atom. The number of nitrogens with one attached hydrogen (secondary N) is 1. The van der Waals surface area contributed by atoms with Gasteiger partial charge < -0.3 is 15.8 Å². The normalized spacial score (nSPS) is 10.5. The van der Waals surface area contributed by atoms with Gasteiger partial charge in [0.25, 0.3) is 5.91 Å². The van der Waals surface area contributed by atoms with Gasteiger partial charge in [-0.3, -0.25) is 9.78 Å². The van der Waals surface area contributed by atoms with Gasteiger partial charge in [0, 0.05) is 29.0 Å². The molecule has 0 saturated heterocycles. The average Bonchev–Trinajstić information content (AvgIpc) is 2.70. The number of aromatic nitrogens is 2. The monoisotopic (exact) mass is 356 g/mol. The zero-order chi connectivity index (χ0) is 18.6. The van der Waals surface area contributed by atoms with Gasteiger partial charge in [-0.2, -0.15) is 0 Å². The fourth-order valence-electron chi connectivity index (χ4n) is 2.65. The van der Waals surface area contributed by atoms with Crippen LogP contribution in [-0.4, -0.2) is 15.9 Å². The molecule has 0 bridgehead atoms. The van der Waals surface area contributed by atoms with Crippen molar-refractivity contribution in [3.63, 3.8) is 0 Å². The Balaban J connectivity index is 1.53. The van der Waals surface area contributed by atoms with Crippen molar-refractivity contribution in [2.75, 3.05) is 11.1 Å². The molecule has 2 heterocycles. The van der Waals surface area contributed by atoms with E-state index in [4.69, 9.17) is 10.5 Å². The zero-order valence-corrected chi connectivity index (χ0v) is 14.3. The van der Waals surface area contributed by atoms with Gasteiger partial charge >= 0.3 is 0 Å². The highest BCUT2D eigenvalue weighted by atomic mass is 16.5. The van der Waals surface area contributed by atoms with Crippen LogP contribution in [0, 0.1) is 0 Å². The summed E-state index contributed by atoms with van der Waals surface area (Å²) in [7, 11) is 0. The third kappa shape index (κ3) is 3.69. The van der Waals surface area contributed by atoms with Gasteiger partial charge in [0.05, 0.1) is 5.52 Å². The number of benzene rings is 2. The van der Waals surface area contributed by atoms with E-state index < -0.39 is 0 Å². The number of ether oxygens (including phenoxy) is 1. The van der Waals surface area contributed by atoms with Crippen LogP contribution >= 0.6 is 0 Å². The smallest absolute Gasteiger partial charge is 0.256 e. The number of fused-ring (bicyclic) bond motifs is 1. The van der Waals surface area contributed by atoms with Gasteiger partial charge in [-0.15, -0.1) is 0 Å². The fourth-order valence-corrected chi connectivity index (χ4v) is 2.65. The van der Waals surface area contributed by atoms with Crippen LogP contribution in [0.4, 0.5) is 11.5 Å². The molecule has 0 spiro atoms. The molecule has 3 N–H and O–H groups in total. The SMILES string of the molecule is Nc1ccc2nccc(Oc3ccc(C(=O)Nc4ccccn4)cc3)c2c1. The first-order valence-electron chi connectivity index (χ1n) is 8.33. The lowest BCUT2D eigenvalue weighted by Gasteiger charge is -2.10. The molecule has 0 fully saturated rings. The van der Waals surface area contributed by atoms with E-state index in [2.05, 4.69) is 15.3 Å². The van der Waals surface area contributed by atoms with Crippen molar-refractivity contribution in [1.82, 2.24) is 9.97 Å². The summed E-state index contributed by atoms with van der Waals surface area (Å²) in [5.74, 6) is 1.53. The molecule has 4 rings (SSSR count). The number of carbonyl (C=O) groups is 1. The van der Waals surface area contributed by atoms with Crippen molar-refractivity contribution in [3.8, 4) is 11.5 Å². The lowest BCUT2D eigenvalue weighted by atomic mass is 10.2. The molecule has 2 aromatic carbocycles. The lowest BCUT2D eigenvalue weighted by molar-refractivity contribution is 0.102. The van der Waals surface area contributed by atoms with Crippen molar-refractivity contribution in [2.45, 2.75) is 0 Å². The van der Waals surface area contributed by atoms with Gasteiger partial charge in [0.1, 0.15) is 17.3 Å². The predicted octanol–water partition coefficient (Wildman–Crippen LogP) is 4.26. The number of anilines is 2. The summed E-state index contributed by atoms with van der Waals surface area (Å²) in [6.45, 7) is 0. The number of hydrogen-bond acceptors (Lipinski definition) is 5. The van der Waals surface area contributed by atoms with Crippen LogP contribution in [0.25, 0.3) is 10.9 Å². The van der Waals surface area contributed by atoms with Gasteiger partial charge in [0.2, 0.25) is 0 Å². The van der Waals surface area contributed by atoms with Crippen LogP contribution in [0.1, 0.15) is 10.4 Å². The molecular formula is C21H16N4O2. The number of carbonyl (C=O) groups excluding carboxylic acids is 1. The van der Waals surface area contributed by atoms with Crippen molar-refractivity contribution < 1.29 is 9.53 Å². The Bertz CT molecular complexity index is 1100. The number of nitrogen functional groups attached to an aromatic ring is 1. The maximum atomic E-state index is 12.3. The second kappa shape index (κ2) is 7.13. The Labute approximate surface area is 155 Å². The molecule has 0 aliphatic heterocycles. The highest BCUT2D eigenvalue weighted by molar-refractivity contribution is 6.03. The highest BCUT2D eigenvalue weighted by Gasteiger charge is 2.09. The summed E-state index contributed by atoms with van der Waals surface area (Å²) < 4.78 is 5.96. The second-order valence-corrected chi connectivity index (χ2v) is 5.88. The topological polar surface area (TPSA) is 90.1 Å². The molecular weight excluding hydrogens is 340 g/mol. The van der Waals surface area contributed by atoms with Crippen LogP contribution in [-0.2, 0) is 0 Å². The minimum atomic E-state index is -0.234. The van der Waals surface area contributed by atoms with Crippen molar-refractivity contribution in [1.29, 1.82) is 0 Å². The van der Waals surface area contributed by atoms with Gasteiger partial charge in [-0.25, -0.2) is 4.98 Å². The molecule has 132 valence electrons. The second-order valence-electron chi connectivity index (χ2n) is 5.88. The highest BCUT2D eigenvalue weighted by Crippen LogP contribution is 2.30. The molecule has 0 saturated carbocycles. The van der Waals surface area contributed by atoms with Gasteiger partial charge in [-0.05, 0) is 60.7 Å². The minimum Gasteiger partial charge on any atom is -0.457 e. The van der Waals surface area contributed by atoms with E-state index in [0.29, 0.717) is 28.6 Å². The van der Waals surface area contributed by atoms with E-state index in [0.717, 1.165) is 10.9 Å². The van der Waals surface area contributed by atoms with E-state index in [-0.39, 0.29) is 5.91 Å². The molecule has 0 aliphatic carbocycles. The Morgan fingerprint density at radius 3 is 2.56 bits per heavy atom. The number of amides is 1. The molecule has 0 atom stereocenters. The molecule has 0 aliphatic rings. The summed E-state index contributed by atoms with van der Waals surface area (Å²) in [5, 5.41) is 3.57. The van der Waals surface area contributed by atoms with Crippen LogP contribution in [0.15, 0.2) is 79.1 Å². The first kappa shape index (κ1) is 16.5. The summed E-state index contributed by atoms with van der Waals surface area (Å²) in [5.41, 5.74) is 7.82. The Morgan fingerprint density at radius 1 is 0.926 bits per heavy atom. The number of nitrogens with two attached hydrogens (primary N) is 1. The number of nitrogens with zero attached hydrogens (tertiary/aromatic N) is 2. The molecule has 6 heteroatoms. The quantitative estimate of drug-likeness (QED) is 0.533. The predicted molar refractivity (Wildman–Crippen MR) is 105 cm³/mol. The molecule has 0 radical (unpaired) electrons. The molecule has 6 nitrogen and oxygen atoms in total. The van der Waals surface area contributed by atoms with Crippen LogP contribution in [0.5, 0.6) is 11.5 Å². The van der Waals surface area contributed by atoms with E-state index in [9.17, 15) is 4.79 Å². The molecule has 0 unspecified atom stereocenters. The Hall–Kier alpha value is -3.93. The zero-order valence-electron chi connectivity index (χ0n) is 14.3. The van der Waals surface area contributed by atoms with Gasteiger partial charge in [-0.1, -0.05) is 6.07 Å². The van der Waals surface area contributed by atoms with Crippen molar-refractivity contribution in [2.24, 2.45) is 0 Å². The number of rotatable bonds is 4. The lowest BCUT2D eigenvalue weighted by Crippen LogP contribution is -2.12. The summed E-state index contributed by atoms with van der Waals surface area (Å²) >= 11 is 0. The first-order valence-corrected chi connectivity index (χ1v) is 8.33. The van der Waals surface area contributed by atoms with E-state index in [1.807, 2.05) is 18.2 Å². The third-order valence-corrected chi connectivity index (χ3v) is 3.98. The minimum absolute atomic E-state index is 0.234. The molecule has 4 aromatic rings. The summed E-state index contributed by atoms with van der Waals surface area (Å²) in [4.78, 5) is 20.7. The van der Waals surface area contributed by atoms with Crippen LogP contribution < -0.4 is 15.8 Å². The maximum Gasteiger partial charge on any atom is 0.256 e. The molecule has 1 amide bonds. The fraction of sp³-hybridized carbons (Fsp3) is 0. The van der Waals surface area contributed by atoms with Crippen molar-refractivity contribution >= 4 is 28.3 Å². The third-order valence-electron chi connectivity index (χ3n) is 3.98. The van der Waals surface area contributed by atoms with Crippen molar-refractivity contribution in [3.05, 3.63) is 84.7 Å². The van der Waals surface area contributed by atoms with Crippen LogP contribution in [0.3, 0.4) is 0 Å². The molecule has 27 heavy (non-hydrogen) atoms. The van der Waals surface area contributed by atoms with E-state index >= 15 is 0 Å². The first-order chi connectivity index (χ1) is 13.2. The van der Waals surface area contributed by atoms with E-state index in [1.54, 1.807) is 60.9 Å². The average molecular weight is 356 g/mol. The summed E-state index contributed by atoms with van der Waals surface area (Å²) in [6, 6.07) is 19.5. The summed E-state index contributed by atoms with van der Waals surface area (Å²) in [6.07, 6.45) is 3.31. The maximum absolute atomic E-state index is 12.3. The van der Waals surface area contributed by atoms with Crippen LogP contribution in [0.2, 0.25) is 0 Å².